The Hall–Kier alpha value is -3.41. The minimum absolute atomic E-state index is 0.0687. The molecule has 148 valence electrons. The molecule has 3 aromatic rings. The van der Waals surface area contributed by atoms with Crippen molar-refractivity contribution in [3.63, 3.8) is 0 Å². The van der Waals surface area contributed by atoms with Crippen molar-refractivity contribution < 1.29 is 14.3 Å². The minimum atomic E-state index is -0.253. The SMILES string of the molecule is CC1(C)Cc2cccc(OCC(=O)NCc3ccnc(-c4cccnc4)c3)c2O1. The summed E-state index contributed by atoms with van der Waals surface area (Å²) in [4.78, 5) is 20.8. The van der Waals surface area contributed by atoms with Crippen molar-refractivity contribution in [1.29, 1.82) is 0 Å². The van der Waals surface area contributed by atoms with Crippen LogP contribution in [0.1, 0.15) is 25.0 Å². The maximum atomic E-state index is 12.3. The van der Waals surface area contributed by atoms with Crippen molar-refractivity contribution in [2.45, 2.75) is 32.4 Å². The van der Waals surface area contributed by atoms with Crippen LogP contribution >= 0.6 is 0 Å². The van der Waals surface area contributed by atoms with Gasteiger partial charge in [-0.15, -0.1) is 0 Å². The fourth-order valence-electron chi connectivity index (χ4n) is 3.35. The third kappa shape index (κ3) is 4.54. The van der Waals surface area contributed by atoms with Crippen LogP contribution in [0.15, 0.2) is 61.1 Å². The molecule has 29 heavy (non-hydrogen) atoms. The number of amides is 1. The molecule has 6 heteroatoms. The number of para-hydroxylation sites is 1. The summed E-state index contributed by atoms with van der Waals surface area (Å²) in [6.07, 6.45) is 6.04. The maximum Gasteiger partial charge on any atom is 0.258 e. The zero-order valence-electron chi connectivity index (χ0n) is 16.5. The molecule has 1 N–H and O–H groups in total. The Morgan fingerprint density at radius 2 is 2.10 bits per heavy atom. The van der Waals surface area contributed by atoms with Crippen molar-refractivity contribution in [3.05, 3.63) is 72.2 Å². The van der Waals surface area contributed by atoms with Gasteiger partial charge >= 0.3 is 0 Å². The van der Waals surface area contributed by atoms with E-state index < -0.39 is 0 Å². The number of fused-ring (bicyclic) bond motifs is 1. The lowest BCUT2D eigenvalue weighted by molar-refractivity contribution is -0.123. The fourth-order valence-corrected chi connectivity index (χ4v) is 3.35. The van der Waals surface area contributed by atoms with Gasteiger partial charge in [-0.05, 0) is 49.7 Å². The topological polar surface area (TPSA) is 73.3 Å². The Kier molecular flexibility index (Phi) is 5.16. The standard InChI is InChI=1S/C23H23N3O3/c1-23(2)12-17-5-3-7-20(22(17)29-23)28-15-21(27)26-13-16-8-10-25-19(11-16)18-6-4-9-24-14-18/h3-11,14H,12-13,15H2,1-2H3,(H,26,27). The molecule has 4 rings (SSSR count). The van der Waals surface area contributed by atoms with E-state index in [4.69, 9.17) is 9.47 Å². The molecule has 0 unspecified atom stereocenters. The largest absolute Gasteiger partial charge is 0.483 e. The number of nitrogens with zero attached hydrogens (tertiary/aromatic N) is 2. The van der Waals surface area contributed by atoms with E-state index in [9.17, 15) is 4.79 Å². The van der Waals surface area contributed by atoms with Gasteiger partial charge in [0.2, 0.25) is 0 Å². The molecule has 0 atom stereocenters. The molecule has 1 aliphatic heterocycles. The molecule has 0 spiro atoms. The first kappa shape index (κ1) is 18.9. The van der Waals surface area contributed by atoms with E-state index in [2.05, 4.69) is 15.3 Å². The van der Waals surface area contributed by atoms with Crippen molar-refractivity contribution in [2.75, 3.05) is 6.61 Å². The second-order valence-corrected chi connectivity index (χ2v) is 7.64. The zero-order chi connectivity index (χ0) is 20.3. The van der Waals surface area contributed by atoms with Crippen LogP contribution in [0, 0.1) is 0 Å². The molecule has 0 bridgehead atoms. The molecule has 0 saturated carbocycles. The van der Waals surface area contributed by atoms with Gasteiger partial charge < -0.3 is 14.8 Å². The number of hydrogen-bond donors (Lipinski definition) is 1. The smallest absolute Gasteiger partial charge is 0.258 e. The summed E-state index contributed by atoms with van der Waals surface area (Å²) in [5.74, 6) is 1.14. The molecule has 1 aromatic carbocycles. The molecule has 1 amide bonds. The highest BCUT2D eigenvalue weighted by molar-refractivity contribution is 5.77. The normalized spacial score (nSPS) is 14.0. The van der Waals surface area contributed by atoms with Crippen LogP contribution in [-0.2, 0) is 17.8 Å². The lowest BCUT2D eigenvalue weighted by atomic mass is 10.0. The highest BCUT2D eigenvalue weighted by Gasteiger charge is 2.32. The van der Waals surface area contributed by atoms with Crippen LogP contribution in [0.5, 0.6) is 11.5 Å². The molecule has 0 radical (unpaired) electrons. The predicted octanol–water partition coefficient (Wildman–Crippen LogP) is 3.55. The van der Waals surface area contributed by atoms with E-state index in [1.807, 2.05) is 56.3 Å². The van der Waals surface area contributed by atoms with E-state index >= 15 is 0 Å². The number of rotatable bonds is 6. The van der Waals surface area contributed by atoms with Crippen molar-refractivity contribution in [1.82, 2.24) is 15.3 Å². The number of benzene rings is 1. The molecule has 0 saturated heterocycles. The zero-order valence-corrected chi connectivity index (χ0v) is 16.5. The highest BCUT2D eigenvalue weighted by atomic mass is 16.5. The van der Waals surface area contributed by atoms with E-state index in [0.717, 1.165) is 34.6 Å². The number of carbonyl (C=O) groups excluding carboxylic acids is 1. The fraction of sp³-hybridized carbons (Fsp3) is 0.261. The summed E-state index contributed by atoms with van der Waals surface area (Å²) in [6.45, 7) is 4.41. The van der Waals surface area contributed by atoms with Crippen LogP contribution in [-0.4, -0.2) is 28.1 Å². The van der Waals surface area contributed by atoms with Gasteiger partial charge in [-0.25, -0.2) is 0 Å². The monoisotopic (exact) mass is 389 g/mol. The van der Waals surface area contributed by atoms with Gasteiger partial charge in [-0.1, -0.05) is 12.1 Å². The first-order valence-electron chi connectivity index (χ1n) is 9.56. The van der Waals surface area contributed by atoms with Gasteiger partial charge in [-0.3, -0.25) is 14.8 Å². The molecule has 6 nitrogen and oxygen atoms in total. The first-order valence-corrected chi connectivity index (χ1v) is 9.56. The van der Waals surface area contributed by atoms with Crippen LogP contribution in [0.2, 0.25) is 0 Å². The van der Waals surface area contributed by atoms with E-state index in [1.54, 1.807) is 18.6 Å². The van der Waals surface area contributed by atoms with Crippen LogP contribution < -0.4 is 14.8 Å². The second kappa shape index (κ2) is 7.91. The summed E-state index contributed by atoms with van der Waals surface area (Å²) < 4.78 is 11.7. The Balaban J connectivity index is 1.34. The second-order valence-electron chi connectivity index (χ2n) is 7.64. The van der Waals surface area contributed by atoms with E-state index in [-0.39, 0.29) is 18.1 Å². The van der Waals surface area contributed by atoms with Gasteiger partial charge in [-0.2, -0.15) is 0 Å². The molecule has 3 heterocycles. The van der Waals surface area contributed by atoms with E-state index in [0.29, 0.717) is 12.3 Å². The minimum Gasteiger partial charge on any atom is -0.483 e. The summed E-state index contributed by atoms with van der Waals surface area (Å²) in [5.41, 5.74) is 3.56. The molecule has 0 fully saturated rings. The number of pyridine rings is 2. The maximum absolute atomic E-state index is 12.3. The van der Waals surface area contributed by atoms with Gasteiger partial charge in [0, 0.05) is 42.7 Å². The average Bonchev–Trinajstić information content (AvgIpc) is 3.06. The third-order valence-electron chi connectivity index (χ3n) is 4.69. The molecule has 1 aliphatic rings. The quantitative estimate of drug-likeness (QED) is 0.698. The van der Waals surface area contributed by atoms with Crippen LogP contribution in [0.25, 0.3) is 11.3 Å². The van der Waals surface area contributed by atoms with E-state index in [1.165, 1.54) is 0 Å². The summed E-state index contributed by atoms with van der Waals surface area (Å²) >= 11 is 0. The summed E-state index contributed by atoms with van der Waals surface area (Å²) in [5, 5.41) is 2.88. The molecule has 2 aromatic heterocycles. The number of ether oxygens (including phenoxy) is 2. The summed E-state index contributed by atoms with van der Waals surface area (Å²) in [7, 11) is 0. The Morgan fingerprint density at radius 1 is 1.21 bits per heavy atom. The van der Waals surface area contributed by atoms with Crippen LogP contribution in [0.3, 0.4) is 0 Å². The lowest BCUT2D eigenvalue weighted by Crippen LogP contribution is -2.28. The number of nitrogens with one attached hydrogen (secondary N) is 1. The third-order valence-corrected chi connectivity index (χ3v) is 4.69. The number of carbonyl (C=O) groups is 1. The van der Waals surface area contributed by atoms with Gasteiger partial charge in [0.05, 0.1) is 5.69 Å². The summed E-state index contributed by atoms with van der Waals surface area (Å²) in [6, 6.07) is 13.4. The van der Waals surface area contributed by atoms with Crippen molar-refractivity contribution in [2.24, 2.45) is 0 Å². The molecular weight excluding hydrogens is 366 g/mol. The first-order chi connectivity index (χ1) is 14.0. The van der Waals surface area contributed by atoms with Crippen molar-refractivity contribution in [3.8, 4) is 22.8 Å². The molecule has 0 aliphatic carbocycles. The number of hydrogen-bond acceptors (Lipinski definition) is 5. The Bertz CT molecular complexity index is 1020. The van der Waals surface area contributed by atoms with Gasteiger partial charge in [0.15, 0.2) is 18.1 Å². The molecular formula is C23H23N3O3. The predicted molar refractivity (Wildman–Crippen MR) is 110 cm³/mol. The van der Waals surface area contributed by atoms with Crippen LogP contribution in [0.4, 0.5) is 0 Å². The Labute approximate surface area is 169 Å². The van der Waals surface area contributed by atoms with Crippen molar-refractivity contribution >= 4 is 5.91 Å². The Morgan fingerprint density at radius 3 is 2.93 bits per heavy atom. The lowest BCUT2D eigenvalue weighted by Gasteiger charge is -2.18. The highest BCUT2D eigenvalue weighted by Crippen LogP contribution is 2.41. The average molecular weight is 389 g/mol. The number of aromatic nitrogens is 2. The van der Waals surface area contributed by atoms with Gasteiger partial charge in [0.25, 0.3) is 5.91 Å². The van der Waals surface area contributed by atoms with Gasteiger partial charge in [0.1, 0.15) is 5.60 Å².